The number of benzene rings is 2. The van der Waals surface area contributed by atoms with E-state index in [-0.39, 0.29) is 5.69 Å². The first-order valence-electron chi connectivity index (χ1n) is 7.34. The van der Waals surface area contributed by atoms with E-state index in [0.29, 0.717) is 11.3 Å². The lowest BCUT2D eigenvalue weighted by molar-refractivity contribution is -0.119. The second-order valence-electron chi connectivity index (χ2n) is 5.36. The number of fused-ring (bicyclic) bond motifs is 1. The molecule has 2 aromatic carbocycles. The summed E-state index contributed by atoms with van der Waals surface area (Å²) in [5.41, 5.74) is 1.87. The number of hydrogen-bond acceptors (Lipinski definition) is 3. The number of hydrogen-bond donors (Lipinski definition) is 2. The van der Waals surface area contributed by atoms with Crippen LogP contribution in [-0.4, -0.2) is 23.5 Å². The number of carbonyl (C=O) groups is 2. The molecule has 0 atom stereocenters. The van der Waals surface area contributed by atoms with E-state index in [9.17, 15) is 14.0 Å². The Morgan fingerprint density at radius 3 is 2.71 bits per heavy atom. The SMILES string of the molecule is Cc1ccc(NC(=O)COC(=O)c2cc3ccccc3[nH]2)cc1F. The molecule has 0 spiro atoms. The second-order valence-corrected chi connectivity index (χ2v) is 5.36. The van der Waals surface area contributed by atoms with Crippen molar-refractivity contribution >= 4 is 28.5 Å². The van der Waals surface area contributed by atoms with Crippen LogP contribution in [0.3, 0.4) is 0 Å². The number of para-hydroxylation sites is 1. The molecule has 0 saturated heterocycles. The molecule has 0 unspecified atom stereocenters. The summed E-state index contributed by atoms with van der Waals surface area (Å²) in [6.07, 6.45) is 0. The molecule has 0 aliphatic rings. The summed E-state index contributed by atoms with van der Waals surface area (Å²) < 4.78 is 18.4. The number of halogens is 1. The van der Waals surface area contributed by atoms with Gasteiger partial charge in [0.05, 0.1) is 0 Å². The zero-order valence-corrected chi connectivity index (χ0v) is 12.9. The number of rotatable bonds is 4. The van der Waals surface area contributed by atoms with Gasteiger partial charge >= 0.3 is 5.97 Å². The Hall–Kier alpha value is -3.15. The molecule has 0 aliphatic carbocycles. The summed E-state index contributed by atoms with van der Waals surface area (Å²) in [7, 11) is 0. The van der Waals surface area contributed by atoms with Gasteiger partial charge in [0.1, 0.15) is 11.5 Å². The number of esters is 1. The summed E-state index contributed by atoms with van der Waals surface area (Å²) in [6.45, 7) is 1.17. The molecule has 3 aromatic rings. The standard InChI is InChI=1S/C18H15FN2O3/c1-11-6-7-13(9-14(11)19)20-17(22)10-24-18(23)16-8-12-4-2-3-5-15(12)21-16/h2-9,21H,10H2,1H3,(H,20,22). The third-order valence-corrected chi connectivity index (χ3v) is 3.54. The van der Waals surface area contributed by atoms with Crippen LogP contribution in [-0.2, 0) is 9.53 Å². The number of carbonyl (C=O) groups excluding carboxylic acids is 2. The van der Waals surface area contributed by atoms with Crippen molar-refractivity contribution in [1.82, 2.24) is 4.98 Å². The van der Waals surface area contributed by atoms with Gasteiger partial charge in [0.2, 0.25) is 0 Å². The molecule has 0 radical (unpaired) electrons. The highest BCUT2D eigenvalue weighted by molar-refractivity contribution is 5.97. The molecule has 1 aromatic heterocycles. The Kier molecular flexibility index (Phi) is 4.29. The van der Waals surface area contributed by atoms with Crippen molar-refractivity contribution < 1.29 is 18.7 Å². The largest absolute Gasteiger partial charge is 0.451 e. The van der Waals surface area contributed by atoms with E-state index in [1.807, 2.05) is 24.3 Å². The molecule has 6 heteroatoms. The predicted octanol–water partition coefficient (Wildman–Crippen LogP) is 3.41. The third kappa shape index (κ3) is 3.43. The van der Waals surface area contributed by atoms with Crippen LogP contribution < -0.4 is 5.32 Å². The number of H-pyrrole nitrogens is 1. The summed E-state index contributed by atoms with van der Waals surface area (Å²) in [6, 6.07) is 13.4. The number of aromatic nitrogens is 1. The van der Waals surface area contributed by atoms with Crippen molar-refractivity contribution in [3.8, 4) is 0 Å². The minimum atomic E-state index is -0.628. The van der Waals surface area contributed by atoms with Crippen LogP contribution in [0.15, 0.2) is 48.5 Å². The molecule has 0 bridgehead atoms. The van der Waals surface area contributed by atoms with E-state index >= 15 is 0 Å². The van der Waals surface area contributed by atoms with Gasteiger partial charge in [0.15, 0.2) is 6.61 Å². The smallest absolute Gasteiger partial charge is 0.355 e. The summed E-state index contributed by atoms with van der Waals surface area (Å²) in [4.78, 5) is 26.7. The van der Waals surface area contributed by atoms with Gasteiger partial charge in [-0.25, -0.2) is 9.18 Å². The van der Waals surface area contributed by atoms with Gasteiger partial charge in [-0.2, -0.15) is 0 Å². The molecule has 3 rings (SSSR count). The maximum Gasteiger partial charge on any atom is 0.355 e. The van der Waals surface area contributed by atoms with Gasteiger partial charge in [0, 0.05) is 16.6 Å². The summed E-state index contributed by atoms with van der Waals surface area (Å²) >= 11 is 0. The van der Waals surface area contributed by atoms with E-state index in [0.717, 1.165) is 10.9 Å². The Morgan fingerprint density at radius 2 is 1.96 bits per heavy atom. The fraction of sp³-hybridized carbons (Fsp3) is 0.111. The van der Waals surface area contributed by atoms with E-state index in [1.54, 1.807) is 25.1 Å². The maximum absolute atomic E-state index is 13.4. The topological polar surface area (TPSA) is 71.2 Å². The van der Waals surface area contributed by atoms with Gasteiger partial charge < -0.3 is 15.0 Å². The zero-order chi connectivity index (χ0) is 17.1. The Labute approximate surface area is 137 Å². The van der Waals surface area contributed by atoms with Crippen molar-refractivity contribution in [1.29, 1.82) is 0 Å². The average molecular weight is 326 g/mol. The Bertz CT molecular complexity index is 885. The van der Waals surface area contributed by atoms with Gasteiger partial charge in [-0.05, 0) is 36.8 Å². The number of amides is 1. The van der Waals surface area contributed by atoms with Crippen LogP contribution in [0.1, 0.15) is 16.1 Å². The molecular weight excluding hydrogens is 311 g/mol. The van der Waals surface area contributed by atoms with Crippen molar-refractivity contribution in [2.24, 2.45) is 0 Å². The highest BCUT2D eigenvalue weighted by atomic mass is 19.1. The molecule has 0 fully saturated rings. The molecular formula is C18H15FN2O3. The number of ether oxygens (including phenoxy) is 1. The third-order valence-electron chi connectivity index (χ3n) is 3.54. The first-order chi connectivity index (χ1) is 11.5. The number of aryl methyl sites for hydroxylation is 1. The maximum atomic E-state index is 13.4. The van der Waals surface area contributed by atoms with Crippen molar-refractivity contribution in [3.63, 3.8) is 0 Å². The molecule has 0 saturated carbocycles. The molecule has 122 valence electrons. The van der Waals surface area contributed by atoms with Crippen LogP contribution >= 0.6 is 0 Å². The van der Waals surface area contributed by atoms with Crippen LogP contribution in [0.4, 0.5) is 10.1 Å². The zero-order valence-electron chi connectivity index (χ0n) is 12.9. The highest BCUT2D eigenvalue weighted by Crippen LogP contribution is 2.16. The Morgan fingerprint density at radius 1 is 1.17 bits per heavy atom. The van der Waals surface area contributed by atoms with E-state index < -0.39 is 24.3 Å². The normalized spacial score (nSPS) is 10.6. The lowest BCUT2D eigenvalue weighted by atomic mass is 10.2. The average Bonchev–Trinajstić information content (AvgIpc) is 3.00. The van der Waals surface area contributed by atoms with Crippen LogP contribution in [0, 0.1) is 12.7 Å². The van der Waals surface area contributed by atoms with Crippen molar-refractivity contribution in [3.05, 3.63) is 65.6 Å². The quantitative estimate of drug-likeness (QED) is 0.722. The molecule has 24 heavy (non-hydrogen) atoms. The lowest BCUT2D eigenvalue weighted by Crippen LogP contribution is -2.21. The van der Waals surface area contributed by atoms with E-state index in [1.165, 1.54) is 6.07 Å². The first kappa shape index (κ1) is 15.7. The first-order valence-corrected chi connectivity index (χ1v) is 7.34. The lowest BCUT2D eigenvalue weighted by Gasteiger charge is -2.07. The fourth-order valence-electron chi connectivity index (χ4n) is 2.26. The van der Waals surface area contributed by atoms with Gasteiger partial charge in [-0.15, -0.1) is 0 Å². The van der Waals surface area contributed by atoms with Gasteiger partial charge in [0.25, 0.3) is 5.91 Å². The highest BCUT2D eigenvalue weighted by Gasteiger charge is 2.13. The number of anilines is 1. The summed E-state index contributed by atoms with van der Waals surface area (Å²) in [5, 5.41) is 3.36. The Balaban J connectivity index is 1.59. The minimum absolute atomic E-state index is 0.269. The molecule has 1 heterocycles. The van der Waals surface area contributed by atoms with Crippen molar-refractivity contribution in [2.45, 2.75) is 6.92 Å². The van der Waals surface area contributed by atoms with Crippen LogP contribution in [0.25, 0.3) is 10.9 Å². The van der Waals surface area contributed by atoms with Gasteiger partial charge in [-0.1, -0.05) is 24.3 Å². The number of nitrogens with one attached hydrogen (secondary N) is 2. The van der Waals surface area contributed by atoms with Crippen LogP contribution in [0.2, 0.25) is 0 Å². The monoisotopic (exact) mass is 326 g/mol. The fourth-order valence-corrected chi connectivity index (χ4v) is 2.26. The van der Waals surface area contributed by atoms with E-state index in [4.69, 9.17) is 4.74 Å². The second kappa shape index (κ2) is 6.54. The van der Waals surface area contributed by atoms with Crippen molar-refractivity contribution in [2.75, 3.05) is 11.9 Å². The van der Waals surface area contributed by atoms with E-state index in [2.05, 4.69) is 10.3 Å². The van der Waals surface area contributed by atoms with Gasteiger partial charge in [-0.3, -0.25) is 4.79 Å². The predicted molar refractivity (Wildman–Crippen MR) is 88.3 cm³/mol. The molecule has 0 aliphatic heterocycles. The minimum Gasteiger partial charge on any atom is -0.451 e. The molecule has 1 amide bonds. The number of aromatic amines is 1. The summed E-state index contributed by atoms with van der Waals surface area (Å²) in [5.74, 6) is -1.58. The molecule has 5 nitrogen and oxygen atoms in total. The molecule has 2 N–H and O–H groups in total. The van der Waals surface area contributed by atoms with Crippen LogP contribution in [0.5, 0.6) is 0 Å².